The van der Waals surface area contributed by atoms with E-state index in [1.54, 1.807) is 6.20 Å². The first-order chi connectivity index (χ1) is 12.7. The molecule has 0 spiro atoms. The summed E-state index contributed by atoms with van der Waals surface area (Å²) in [5, 5.41) is 10.2. The summed E-state index contributed by atoms with van der Waals surface area (Å²) in [6.45, 7) is 0. The van der Waals surface area contributed by atoms with E-state index in [2.05, 4.69) is 15.0 Å². The minimum atomic E-state index is -0.0471. The molecule has 5 rings (SSSR count). The highest BCUT2D eigenvalue weighted by molar-refractivity contribution is 6.00. The molecular weight excluding hydrogens is 326 g/mol. The number of aryl methyl sites for hydroxylation is 1. The van der Waals surface area contributed by atoms with E-state index in [1.165, 1.54) is 0 Å². The molecule has 2 aliphatic carbocycles. The van der Waals surface area contributed by atoms with Gasteiger partial charge in [-0.15, -0.1) is 0 Å². The average molecular weight is 341 g/mol. The first-order valence-corrected chi connectivity index (χ1v) is 8.68. The van der Waals surface area contributed by atoms with Gasteiger partial charge in [-0.05, 0) is 36.5 Å². The van der Waals surface area contributed by atoms with Gasteiger partial charge in [0.05, 0.1) is 11.3 Å². The number of fused-ring (bicyclic) bond motifs is 4. The topological polar surface area (TPSA) is 95.3 Å². The molecule has 0 saturated heterocycles. The van der Waals surface area contributed by atoms with E-state index in [0.717, 1.165) is 40.7 Å². The van der Waals surface area contributed by atoms with Gasteiger partial charge in [0, 0.05) is 41.9 Å². The van der Waals surface area contributed by atoms with Crippen molar-refractivity contribution in [3.8, 4) is 17.5 Å². The van der Waals surface area contributed by atoms with Gasteiger partial charge in [-0.25, -0.2) is 15.0 Å². The number of nitrogens with one attached hydrogen (secondary N) is 1. The lowest BCUT2D eigenvalue weighted by atomic mass is 9.71. The Morgan fingerprint density at radius 2 is 2.23 bits per heavy atom. The fourth-order valence-electron chi connectivity index (χ4n) is 4.08. The van der Waals surface area contributed by atoms with Gasteiger partial charge in [0.2, 0.25) is 0 Å². The van der Waals surface area contributed by atoms with Crippen LogP contribution in [0.4, 0.5) is 0 Å². The molecule has 0 amide bonds. The molecule has 2 atom stereocenters. The third-order valence-corrected chi connectivity index (χ3v) is 5.41. The van der Waals surface area contributed by atoms with Crippen molar-refractivity contribution in [3.05, 3.63) is 53.6 Å². The van der Waals surface area contributed by atoms with Crippen molar-refractivity contribution in [1.82, 2.24) is 19.9 Å². The minimum absolute atomic E-state index is 0.0104. The first-order valence-electron chi connectivity index (χ1n) is 8.68. The highest BCUT2D eigenvalue weighted by Crippen LogP contribution is 2.42. The van der Waals surface area contributed by atoms with Crippen molar-refractivity contribution in [3.63, 3.8) is 0 Å². The number of hydrogen-bond acceptors (Lipinski definition) is 5. The number of Topliss-reactive ketones (excluding diaryl/α,β-unsaturated/α-hetero) is 1. The lowest BCUT2D eigenvalue weighted by Gasteiger charge is -2.33. The van der Waals surface area contributed by atoms with Crippen LogP contribution in [0.3, 0.4) is 0 Å². The fraction of sp³-hybridized carbons (Fsp3) is 0.250. The number of rotatable bonds is 1. The van der Waals surface area contributed by atoms with E-state index < -0.39 is 0 Å². The summed E-state index contributed by atoms with van der Waals surface area (Å²) >= 11 is 0. The molecule has 2 unspecified atom stereocenters. The maximum Gasteiger partial charge on any atom is 0.173 e. The lowest BCUT2D eigenvalue weighted by Crippen LogP contribution is -2.28. The third kappa shape index (κ3) is 2.17. The highest BCUT2D eigenvalue weighted by Gasteiger charge is 2.36. The zero-order valence-corrected chi connectivity index (χ0v) is 13.9. The molecule has 0 fully saturated rings. The quantitative estimate of drug-likeness (QED) is 0.734. The molecule has 1 N–H and O–H groups in total. The number of carbonyl (C=O) groups is 1. The average Bonchev–Trinajstić information content (AvgIpc) is 3.11. The van der Waals surface area contributed by atoms with Crippen LogP contribution in [0.25, 0.3) is 22.4 Å². The molecule has 3 heterocycles. The summed E-state index contributed by atoms with van der Waals surface area (Å²) in [4.78, 5) is 29.0. The van der Waals surface area contributed by atoms with Crippen molar-refractivity contribution < 1.29 is 4.79 Å². The normalized spacial score (nSPS) is 21.7. The van der Waals surface area contributed by atoms with Crippen LogP contribution in [0.15, 0.2) is 42.4 Å². The van der Waals surface area contributed by atoms with E-state index in [9.17, 15) is 10.1 Å². The van der Waals surface area contributed by atoms with Crippen LogP contribution < -0.4 is 0 Å². The number of aromatic amines is 1. The van der Waals surface area contributed by atoms with E-state index in [0.29, 0.717) is 12.2 Å². The Hall–Kier alpha value is -3.33. The Labute approximate surface area is 149 Å². The van der Waals surface area contributed by atoms with Crippen molar-refractivity contribution in [1.29, 1.82) is 5.26 Å². The second-order valence-corrected chi connectivity index (χ2v) is 6.85. The molecule has 0 aromatic carbocycles. The van der Waals surface area contributed by atoms with Crippen LogP contribution in [0.2, 0.25) is 0 Å². The Morgan fingerprint density at radius 3 is 3.12 bits per heavy atom. The molecule has 0 saturated carbocycles. The Balaban J connectivity index is 1.65. The highest BCUT2D eigenvalue weighted by atomic mass is 16.1. The van der Waals surface area contributed by atoms with Gasteiger partial charge in [0.1, 0.15) is 11.7 Å². The predicted molar refractivity (Wildman–Crippen MR) is 95.0 cm³/mol. The molecule has 0 radical (unpaired) electrons. The second-order valence-electron chi connectivity index (χ2n) is 6.85. The minimum Gasteiger partial charge on any atom is -0.345 e. The first kappa shape index (κ1) is 15.0. The zero-order valence-electron chi connectivity index (χ0n) is 13.9. The summed E-state index contributed by atoms with van der Waals surface area (Å²) in [5.41, 5.74) is 4.03. The lowest BCUT2D eigenvalue weighted by molar-refractivity contribution is -0.116. The Bertz CT molecular complexity index is 1120. The van der Waals surface area contributed by atoms with Gasteiger partial charge in [-0.2, -0.15) is 5.26 Å². The second kappa shape index (κ2) is 5.60. The number of H-pyrrole nitrogens is 1. The number of carbonyl (C=O) groups excluding carboxylic acids is 1. The number of allylic oxidation sites excluding steroid dienone is 2. The monoisotopic (exact) mass is 341 g/mol. The molecule has 3 aromatic rings. The molecule has 2 aliphatic rings. The number of nitriles is 1. The van der Waals surface area contributed by atoms with E-state index in [4.69, 9.17) is 4.98 Å². The number of ketones is 1. The predicted octanol–water partition coefficient (Wildman–Crippen LogP) is 3.09. The van der Waals surface area contributed by atoms with Gasteiger partial charge in [0.25, 0.3) is 0 Å². The van der Waals surface area contributed by atoms with Crippen LogP contribution in [-0.4, -0.2) is 25.7 Å². The van der Waals surface area contributed by atoms with Crippen molar-refractivity contribution >= 4 is 16.8 Å². The number of pyridine rings is 1. The van der Waals surface area contributed by atoms with Gasteiger partial charge in [-0.1, -0.05) is 6.08 Å². The maximum atomic E-state index is 12.1. The molecule has 6 nitrogen and oxygen atoms in total. The smallest absolute Gasteiger partial charge is 0.173 e. The summed E-state index contributed by atoms with van der Waals surface area (Å²) < 4.78 is 0. The van der Waals surface area contributed by atoms with Crippen LogP contribution in [0, 0.1) is 17.2 Å². The third-order valence-electron chi connectivity index (χ3n) is 5.41. The molecule has 26 heavy (non-hydrogen) atoms. The van der Waals surface area contributed by atoms with E-state index >= 15 is 0 Å². The maximum absolute atomic E-state index is 12.1. The summed E-state index contributed by atoms with van der Waals surface area (Å²) in [6, 6.07) is 5.92. The van der Waals surface area contributed by atoms with Crippen molar-refractivity contribution in [2.24, 2.45) is 5.92 Å². The van der Waals surface area contributed by atoms with Gasteiger partial charge < -0.3 is 4.98 Å². The molecule has 0 bridgehead atoms. The van der Waals surface area contributed by atoms with E-state index in [1.807, 2.05) is 36.7 Å². The van der Waals surface area contributed by atoms with Crippen LogP contribution >= 0.6 is 0 Å². The molecule has 126 valence electrons. The summed E-state index contributed by atoms with van der Waals surface area (Å²) in [7, 11) is 0. The zero-order chi connectivity index (χ0) is 17.7. The van der Waals surface area contributed by atoms with Crippen LogP contribution in [0.5, 0.6) is 0 Å². The van der Waals surface area contributed by atoms with Gasteiger partial charge in [-0.3, -0.25) is 4.79 Å². The van der Waals surface area contributed by atoms with Crippen molar-refractivity contribution in [2.75, 3.05) is 0 Å². The summed E-state index contributed by atoms with van der Waals surface area (Å²) in [5.74, 6) is 0.831. The number of hydrogen-bond donors (Lipinski definition) is 1. The Morgan fingerprint density at radius 1 is 1.31 bits per heavy atom. The SMILES string of the molecule is N#CC1=CC2c3nc(-c4c[nH]c5ncccc45)ncc3CCC2CC1=O. The number of nitrogens with zero attached hydrogens (tertiary/aromatic N) is 4. The molecule has 0 aliphatic heterocycles. The van der Waals surface area contributed by atoms with Crippen molar-refractivity contribution in [2.45, 2.75) is 25.2 Å². The molecular formula is C20H15N5O. The largest absolute Gasteiger partial charge is 0.345 e. The summed E-state index contributed by atoms with van der Waals surface area (Å²) in [6.07, 6.45) is 9.55. The van der Waals surface area contributed by atoms with Gasteiger partial charge in [0.15, 0.2) is 11.6 Å². The van der Waals surface area contributed by atoms with Crippen LogP contribution in [0.1, 0.15) is 30.0 Å². The van der Waals surface area contributed by atoms with Gasteiger partial charge >= 0.3 is 0 Å². The molecule has 3 aromatic heterocycles. The fourth-order valence-corrected chi connectivity index (χ4v) is 4.08. The Kier molecular flexibility index (Phi) is 3.22. The molecule has 6 heteroatoms. The van der Waals surface area contributed by atoms with E-state index in [-0.39, 0.29) is 23.2 Å². The van der Waals surface area contributed by atoms with Crippen LogP contribution in [-0.2, 0) is 11.2 Å². The number of aromatic nitrogens is 4. The standard InChI is InChI=1S/C20H15N5O/c21-8-13-6-15-11(7-17(13)26)3-4-12-9-23-20(25-18(12)15)16-10-24-19-14(16)2-1-5-22-19/h1-2,5-6,9-11,15H,3-4,7H2,(H,22,24).